The van der Waals surface area contributed by atoms with E-state index in [-0.39, 0.29) is 60.3 Å². The number of aromatic nitrogens is 2. The van der Waals surface area contributed by atoms with Gasteiger partial charge in [-0.1, -0.05) is 11.6 Å². The third-order valence-electron chi connectivity index (χ3n) is 6.45. The SMILES string of the molecule is O=C(c1nn2c(C(F)(F)F)cc(C3CC3)cc2c1Cl)N1CCN([C@H]2CCB(O)OC2)C(=O)C1. The Morgan fingerprint density at radius 1 is 1.24 bits per heavy atom. The molecule has 2 aromatic heterocycles. The van der Waals surface area contributed by atoms with Crippen molar-refractivity contribution in [2.45, 2.75) is 43.7 Å². The van der Waals surface area contributed by atoms with E-state index in [4.69, 9.17) is 16.3 Å². The summed E-state index contributed by atoms with van der Waals surface area (Å²) in [6.45, 7) is 0.413. The van der Waals surface area contributed by atoms with Crippen LogP contribution in [0.1, 0.15) is 46.9 Å². The number of piperazine rings is 1. The molecule has 1 saturated carbocycles. The minimum absolute atomic E-state index is 0.0274. The molecule has 0 unspecified atom stereocenters. The highest BCUT2D eigenvalue weighted by molar-refractivity contribution is 6.42. The second kappa shape index (κ2) is 8.17. The molecule has 13 heteroatoms. The normalized spacial score (nSPS) is 22.4. The van der Waals surface area contributed by atoms with Crippen molar-refractivity contribution in [3.05, 3.63) is 34.1 Å². The average Bonchev–Trinajstić information content (AvgIpc) is 3.57. The predicted molar refractivity (Wildman–Crippen MR) is 112 cm³/mol. The lowest BCUT2D eigenvalue weighted by molar-refractivity contribution is -0.142. The van der Waals surface area contributed by atoms with Gasteiger partial charge in [0.05, 0.1) is 23.2 Å². The fourth-order valence-electron chi connectivity index (χ4n) is 4.49. The van der Waals surface area contributed by atoms with Crippen molar-refractivity contribution in [1.82, 2.24) is 19.4 Å². The molecule has 2 aliphatic heterocycles. The van der Waals surface area contributed by atoms with Crippen LogP contribution in [0.5, 0.6) is 0 Å². The number of pyridine rings is 1. The number of alkyl halides is 3. The van der Waals surface area contributed by atoms with Gasteiger partial charge in [0, 0.05) is 13.1 Å². The lowest BCUT2D eigenvalue weighted by Gasteiger charge is -2.40. The Kier molecular flexibility index (Phi) is 5.57. The molecule has 0 radical (unpaired) electrons. The van der Waals surface area contributed by atoms with Crippen LogP contribution in [0.25, 0.3) is 5.52 Å². The van der Waals surface area contributed by atoms with Crippen LogP contribution in [-0.4, -0.2) is 75.7 Å². The molecule has 1 aliphatic carbocycles. The van der Waals surface area contributed by atoms with Crippen LogP contribution in [0, 0.1) is 0 Å². The van der Waals surface area contributed by atoms with E-state index >= 15 is 0 Å². The Morgan fingerprint density at radius 2 is 2.00 bits per heavy atom. The van der Waals surface area contributed by atoms with Gasteiger partial charge in [-0.25, -0.2) is 4.52 Å². The van der Waals surface area contributed by atoms with Gasteiger partial charge in [0.2, 0.25) is 5.91 Å². The molecule has 0 aromatic carbocycles. The van der Waals surface area contributed by atoms with E-state index in [0.717, 1.165) is 18.9 Å². The van der Waals surface area contributed by atoms with Crippen molar-refractivity contribution in [1.29, 1.82) is 0 Å². The van der Waals surface area contributed by atoms with Gasteiger partial charge in [-0.05, 0) is 49.2 Å². The minimum Gasteiger partial charge on any atom is -0.427 e. The van der Waals surface area contributed by atoms with Crippen LogP contribution in [0.15, 0.2) is 12.1 Å². The summed E-state index contributed by atoms with van der Waals surface area (Å²) in [6, 6.07) is 2.43. The summed E-state index contributed by atoms with van der Waals surface area (Å²) in [4.78, 5) is 28.7. The number of amides is 2. The number of hydrogen-bond donors (Lipinski definition) is 1. The number of fused-ring (bicyclic) bond motifs is 1. The van der Waals surface area contributed by atoms with E-state index in [0.29, 0.717) is 22.8 Å². The van der Waals surface area contributed by atoms with E-state index < -0.39 is 24.9 Å². The molecular weight excluding hydrogens is 464 g/mol. The predicted octanol–water partition coefficient (Wildman–Crippen LogP) is 2.44. The highest BCUT2D eigenvalue weighted by atomic mass is 35.5. The highest BCUT2D eigenvalue weighted by Crippen LogP contribution is 2.43. The molecule has 4 heterocycles. The Balaban J connectivity index is 1.40. The molecule has 176 valence electrons. The van der Waals surface area contributed by atoms with Crippen molar-refractivity contribution < 1.29 is 32.4 Å². The smallest absolute Gasteiger partial charge is 0.427 e. The third kappa shape index (κ3) is 4.19. The highest BCUT2D eigenvalue weighted by Gasteiger charge is 2.39. The zero-order valence-electron chi connectivity index (χ0n) is 17.5. The van der Waals surface area contributed by atoms with Crippen molar-refractivity contribution in [3.8, 4) is 0 Å². The number of carbonyl (C=O) groups excluding carboxylic acids is 2. The summed E-state index contributed by atoms with van der Waals surface area (Å²) >= 11 is 6.36. The zero-order chi connectivity index (χ0) is 23.5. The second-order valence-corrected chi connectivity index (χ2v) is 9.12. The summed E-state index contributed by atoms with van der Waals surface area (Å²) in [5.41, 5.74) is -0.734. The van der Waals surface area contributed by atoms with Gasteiger partial charge < -0.3 is 19.5 Å². The number of carbonyl (C=O) groups is 2. The molecule has 3 aliphatic rings. The standard InChI is InChI=1S/C20H21BClF3N4O4/c22-17-14-7-12(11-1-2-11)8-15(20(23,24)25)29(14)26-18(17)19(31)27-5-6-28(16(30)9-27)13-3-4-21(32)33-10-13/h7-8,11,13,32H,1-6,9-10H2/t13-/m0/s1. The maximum absolute atomic E-state index is 13.7. The second-order valence-electron chi connectivity index (χ2n) is 8.74. The monoisotopic (exact) mass is 484 g/mol. The number of rotatable bonds is 3. The maximum Gasteiger partial charge on any atom is 0.454 e. The topological polar surface area (TPSA) is 87.4 Å². The molecular formula is C20H21BClF3N4O4. The van der Waals surface area contributed by atoms with Crippen molar-refractivity contribution in [2.75, 3.05) is 26.2 Å². The van der Waals surface area contributed by atoms with Crippen molar-refractivity contribution in [3.63, 3.8) is 0 Å². The first kappa shape index (κ1) is 22.5. The van der Waals surface area contributed by atoms with Gasteiger partial charge >= 0.3 is 13.3 Å². The van der Waals surface area contributed by atoms with Crippen LogP contribution in [0.4, 0.5) is 13.2 Å². The fourth-order valence-corrected chi connectivity index (χ4v) is 4.75. The van der Waals surface area contributed by atoms with E-state index in [1.807, 2.05) is 0 Å². The van der Waals surface area contributed by atoms with E-state index in [9.17, 15) is 27.8 Å². The first-order chi connectivity index (χ1) is 15.6. The molecule has 2 amide bonds. The van der Waals surface area contributed by atoms with Gasteiger partial charge in [0.25, 0.3) is 5.91 Å². The summed E-state index contributed by atoms with van der Waals surface area (Å²) < 4.78 is 47.0. The van der Waals surface area contributed by atoms with Gasteiger partial charge in [0.1, 0.15) is 12.2 Å². The van der Waals surface area contributed by atoms with Gasteiger partial charge in [0.15, 0.2) is 5.69 Å². The van der Waals surface area contributed by atoms with Crippen molar-refractivity contribution in [2.24, 2.45) is 0 Å². The van der Waals surface area contributed by atoms with Crippen LogP contribution < -0.4 is 0 Å². The molecule has 5 rings (SSSR count). The lowest BCUT2D eigenvalue weighted by atomic mass is 9.79. The number of halogens is 4. The molecule has 3 fully saturated rings. The summed E-state index contributed by atoms with van der Waals surface area (Å²) in [5.74, 6) is -0.934. The molecule has 1 N–H and O–H groups in total. The minimum atomic E-state index is -4.67. The first-order valence-corrected chi connectivity index (χ1v) is 11.2. The summed E-state index contributed by atoms with van der Waals surface area (Å²) in [7, 11) is -0.835. The molecule has 1 atom stereocenters. The Morgan fingerprint density at radius 3 is 2.61 bits per heavy atom. The molecule has 8 nitrogen and oxygen atoms in total. The summed E-state index contributed by atoms with van der Waals surface area (Å²) in [5, 5.41) is 13.2. The average molecular weight is 485 g/mol. The summed E-state index contributed by atoms with van der Waals surface area (Å²) in [6.07, 6.45) is -2.05. The fraction of sp³-hybridized carbons (Fsp3) is 0.550. The molecule has 0 spiro atoms. The zero-order valence-corrected chi connectivity index (χ0v) is 18.3. The van der Waals surface area contributed by atoms with Crippen LogP contribution in [0.2, 0.25) is 11.3 Å². The maximum atomic E-state index is 13.7. The van der Waals surface area contributed by atoms with Crippen LogP contribution in [-0.2, 0) is 15.6 Å². The molecule has 33 heavy (non-hydrogen) atoms. The van der Waals surface area contributed by atoms with Crippen LogP contribution >= 0.6 is 11.6 Å². The Hall–Kier alpha value is -2.31. The van der Waals surface area contributed by atoms with Gasteiger partial charge in [-0.2, -0.15) is 18.3 Å². The molecule has 2 saturated heterocycles. The largest absolute Gasteiger partial charge is 0.454 e. The van der Waals surface area contributed by atoms with E-state index in [2.05, 4.69) is 5.10 Å². The Labute approximate surface area is 192 Å². The van der Waals surface area contributed by atoms with Gasteiger partial charge in [-0.3, -0.25) is 9.59 Å². The van der Waals surface area contributed by atoms with Crippen molar-refractivity contribution >= 4 is 36.1 Å². The lowest BCUT2D eigenvalue weighted by Crippen LogP contribution is -2.57. The number of nitrogens with zero attached hydrogens (tertiary/aromatic N) is 4. The molecule has 2 aromatic rings. The third-order valence-corrected chi connectivity index (χ3v) is 6.82. The van der Waals surface area contributed by atoms with E-state index in [1.165, 1.54) is 4.90 Å². The quantitative estimate of drug-likeness (QED) is 0.676. The van der Waals surface area contributed by atoms with Gasteiger partial charge in [-0.15, -0.1) is 0 Å². The van der Waals surface area contributed by atoms with E-state index in [1.54, 1.807) is 11.0 Å². The first-order valence-electron chi connectivity index (χ1n) is 10.8. The van der Waals surface area contributed by atoms with Crippen LogP contribution in [0.3, 0.4) is 0 Å². The molecule has 0 bridgehead atoms. The Bertz CT molecular complexity index is 1110. The number of hydrogen-bond acceptors (Lipinski definition) is 5.